The normalized spacial score (nSPS) is 9.79. The number of hydrogen-bond acceptors (Lipinski definition) is 3. The van der Waals surface area contributed by atoms with Crippen LogP contribution in [0.5, 0.6) is 0 Å². The van der Waals surface area contributed by atoms with Gasteiger partial charge in [0, 0.05) is 31.1 Å². The van der Waals surface area contributed by atoms with Crippen LogP contribution in [0.2, 0.25) is 0 Å². The Morgan fingerprint density at radius 3 is 2.86 bits per heavy atom. The van der Waals surface area contributed by atoms with Gasteiger partial charge in [0.25, 0.3) is 0 Å². The number of carbonyl (C=O) groups is 1. The highest BCUT2D eigenvalue weighted by molar-refractivity contribution is 7.98. The monoisotopic (exact) mass is 210 g/mol. The number of amides is 1. The lowest BCUT2D eigenvalue weighted by molar-refractivity contribution is -0.120. The largest absolute Gasteiger partial charge is 0.352 e. The van der Waals surface area contributed by atoms with Gasteiger partial charge < -0.3 is 5.32 Å². The number of pyridine rings is 1. The Morgan fingerprint density at radius 2 is 2.21 bits per heavy atom. The van der Waals surface area contributed by atoms with E-state index >= 15 is 0 Å². The van der Waals surface area contributed by atoms with Gasteiger partial charge in [0.2, 0.25) is 5.91 Å². The second-order valence-electron chi connectivity index (χ2n) is 2.87. The highest BCUT2D eigenvalue weighted by atomic mass is 32.2. The molecule has 0 saturated carbocycles. The van der Waals surface area contributed by atoms with Gasteiger partial charge in [0.1, 0.15) is 0 Å². The molecule has 0 aliphatic rings. The third-order valence-corrected chi connectivity index (χ3v) is 2.38. The summed E-state index contributed by atoms with van der Waals surface area (Å²) in [5.74, 6) is 0.985. The first-order valence-electron chi connectivity index (χ1n) is 4.47. The van der Waals surface area contributed by atoms with E-state index in [1.165, 1.54) is 0 Å². The lowest BCUT2D eigenvalue weighted by Gasteiger charge is -2.03. The Morgan fingerprint density at radius 1 is 1.50 bits per heavy atom. The van der Waals surface area contributed by atoms with Crippen molar-refractivity contribution in [2.75, 3.05) is 12.0 Å². The summed E-state index contributed by atoms with van der Waals surface area (Å²) >= 11 is 1.68. The van der Waals surface area contributed by atoms with Crippen LogP contribution < -0.4 is 5.32 Å². The van der Waals surface area contributed by atoms with Crippen molar-refractivity contribution in [3.8, 4) is 0 Å². The number of aromatic nitrogens is 1. The molecule has 0 unspecified atom stereocenters. The number of rotatable bonds is 5. The van der Waals surface area contributed by atoms with Crippen LogP contribution in [0.25, 0.3) is 0 Å². The molecule has 1 aromatic heterocycles. The van der Waals surface area contributed by atoms with E-state index in [1.807, 2.05) is 18.4 Å². The molecule has 0 radical (unpaired) electrons. The van der Waals surface area contributed by atoms with Gasteiger partial charge in [-0.3, -0.25) is 9.78 Å². The zero-order chi connectivity index (χ0) is 10.2. The van der Waals surface area contributed by atoms with Gasteiger partial charge in [-0.2, -0.15) is 11.8 Å². The molecule has 0 saturated heterocycles. The summed E-state index contributed by atoms with van der Waals surface area (Å²) in [6.45, 7) is 0.593. The molecule has 1 heterocycles. The Balaban J connectivity index is 2.24. The predicted molar refractivity (Wildman–Crippen MR) is 59.1 cm³/mol. The minimum Gasteiger partial charge on any atom is -0.352 e. The van der Waals surface area contributed by atoms with E-state index in [2.05, 4.69) is 10.3 Å². The molecule has 1 rings (SSSR count). The van der Waals surface area contributed by atoms with Gasteiger partial charge in [-0.15, -0.1) is 0 Å². The molecule has 1 amide bonds. The van der Waals surface area contributed by atoms with Crippen molar-refractivity contribution in [3.05, 3.63) is 30.1 Å². The van der Waals surface area contributed by atoms with Crippen LogP contribution in [-0.2, 0) is 11.3 Å². The van der Waals surface area contributed by atoms with Gasteiger partial charge in [0.05, 0.1) is 0 Å². The Bertz CT molecular complexity index is 277. The van der Waals surface area contributed by atoms with Crippen molar-refractivity contribution >= 4 is 17.7 Å². The highest BCUT2D eigenvalue weighted by Crippen LogP contribution is 1.97. The van der Waals surface area contributed by atoms with E-state index in [4.69, 9.17) is 0 Å². The van der Waals surface area contributed by atoms with E-state index in [9.17, 15) is 4.79 Å². The fourth-order valence-electron chi connectivity index (χ4n) is 0.984. The molecule has 0 aliphatic carbocycles. The Kier molecular flexibility index (Phi) is 5.07. The molecule has 0 aromatic carbocycles. The number of nitrogens with zero attached hydrogens (tertiary/aromatic N) is 1. The first kappa shape index (κ1) is 11.0. The summed E-state index contributed by atoms with van der Waals surface area (Å²) in [7, 11) is 0. The lowest BCUT2D eigenvalue weighted by atomic mass is 10.2. The third kappa shape index (κ3) is 4.28. The second kappa shape index (κ2) is 6.43. The first-order valence-corrected chi connectivity index (χ1v) is 5.87. The molecule has 0 aliphatic heterocycles. The average Bonchev–Trinajstić information content (AvgIpc) is 2.25. The summed E-state index contributed by atoms with van der Waals surface area (Å²) < 4.78 is 0. The van der Waals surface area contributed by atoms with E-state index in [0.29, 0.717) is 13.0 Å². The van der Waals surface area contributed by atoms with Crippen molar-refractivity contribution in [2.45, 2.75) is 13.0 Å². The second-order valence-corrected chi connectivity index (χ2v) is 3.86. The molecule has 14 heavy (non-hydrogen) atoms. The molecule has 0 bridgehead atoms. The zero-order valence-electron chi connectivity index (χ0n) is 8.19. The molecule has 0 fully saturated rings. The third-order valence-electron chi connectivity index (χ3n) is 1.77. The molecule has 0 atom stereocenters. The maximum Gasteiger partial charge on any atom is 0.221 e. The van der Waals surface area contributed by atoms with Crippen molar-refractivity contribution in [1.29, 1.82) is 0 Å². The van der Waals surface area contributed by atoms with Gasteiger partial charge in [-0.1, -0.05) is 0 Å². The number of nitrogens with one attached hydrogen (secondary N) is 1. The zero-order valence-corrected chi connectivity index (χ0v) is 9.01. The summed E-state index contributed by atoms with van der Waals surface area (Å²) in [5, 5.41) is 2.85. The van der Waals surface area contributed by atoms with E-state index < -0.39 is 0 Å². The van der Waals surface area contributed by atoms with Gasteiger partial charge in [-0.05, 0) is 24.0 Å². The summed E-state index contributed by atoms with van der Waals surface area (Å²) in [6, 6.07) is 3.80. The topological polar surface area (TPSA) is 42.0 Å². The maximum absolute atomic E-state index is 11.2. The van der Waals surface area contributed by atoms with E-state index in [-0.39, 0.29) is 5.91 Å². The first-order chi connectivity index (χ1) is 6.83. The van der Waals surface area contributed by atoms with Crippen molar-refractivity contribution in [1.82, 2.24) is 10.3 Å². The quantitative estimate of drug-likeness (QED) is 0.800. The number of thioether (sulfide) groups is 1. The van der Waals surface area contributed by atoms with Crippen LogP contribution in [0.1, 0.15) is 12.0 Å². The molecule has 76 valence electrons. The van der Waals surface area contributed by atoms with Crippen LogP contribution in [0.15, 0.2) is 24.5 Å². The summed E-state index contributed by atoms with van der Waals surface area (Å²) in [6.07, 6.45) is 6.04. The van der Waals surface area contributed by atoms with Crippen LogP contribution >= 0.6 is 11.8 Å². The fourth-order valence-corrected chi connectivity index (χ4v) is 1.37. The van der Waals surface area contributed by atoms with Crippen LogP contribution in [0, 0.1) is 0 Å². The summed E-state index contributed by atoms with van der Waals surface area (Å²) in [5.41, 5.74) is 1.08. The molecule has 4 heteroatoms. The molecular weight excluding hydrogens is 196 g/mol. The predicted octanol–water partition coefficient (Wildman–Crippen LogP) is 1.45. The molecular formula is C10H14N2OS. The van der Waals surface area contributed by atoms with Crippen molar-refractivity contribution in [3.63, 3.8) is 0 Å². The SMILES string of the molecule is CSCCC(=O)NCc1ccncc1. The summed E-state index contributed by atoms with van der Waals surface area (Å²) in [4.78, 5) is 15.1. The highest BCUT2D eigenvalue weighted by Gasteiger charge is 1.99. The van der Waals surface area contributed by atoms with E-state index in [1.54, 1.807) is 24.2 Å². The fraction of sp³-hybridized carbons (Fsp3) is 0.400. The lowest BCUT2D eigenvalue weighted by Crippen LogP contribution is -2.22. The van der Waals surface area contributed by atoms with Crippen LogP contribution in [0.4, 0.5) is 0 Å². The Labute approximate surface area is 88.3 Å². The van der Waals surface area contributed by atoms with Gasteiger partial charge in [-0.25, -0.2) is 0 Å². The van der Waals surface area contributed by atoms with Gasteiger partial charge in [0.15, 0.2) is 0 Å². The minimum absolute atomic E-state index is 0.108. The average molecular weight is 210 g/mol. The van der Waals surface area contributed by atoms with Crippen LogP contribution in [-0.4, -0.2) is 22.9 Å². The molecule has 3 nitrogen and oxygen atoms in total. The van der Waals surface area contributed by atoms with Crippen LogP contribution in [0.3, 0.4) is 0 Å². The van der Waals surface area contributed by atoms with Gasteiger partial charge >= 0.3 is 0 Å². The molecule has 0 spiro atoms. The van der Waals surface area contributed by atoms with Crippen molar-refractivity contribution in [2.24, 2.45) is 0 Å². The smallest absolute Gasteiger partial charge is 0.221 e. The maximum atomic E-state index is 11.2. The van der Waals surface area contributed by atoms with Crippen molar-refractivity contribution < 1.29 is 4.79 Å². The standard InChI is InChI=1S/C10H14N2OS/c1-14-7-4-10(13)12-8-9-2-5-11-6-3-9/h2-3,5-6H,4,7-8H2,1H3,(H,12,13). The Hall–Kier alpha value is -1.03. The van der Waals surface area contributed by atoms with E-state index in [0.717, 1.165) is 11.3 Å². The number of hydrogen-bond donors (Lipinski definition) is 1. The minimum atomic E-state index is 0.108. The molecule has 1 aromatic rings. The molecule has 1 N–H and O–H groups in total. The number of carbonyl (C=O) groups excluding carboxylic acids is 1.